The smallest absolute Gasteiger partial charge is 0.251 e. The third kappa shape index (κ3) is 3.37. The van der Waals surface area contributed by atoms with Crippen molar-refractivity contribution in [3.63, 3.8) is 0 Å². The van der Waals surface area contributed by atoms with Gasteiger partial charge in [0.15, 0.2) is 0 Å². The van der Waals surface area contributed by atoms with Gasteiger partial charge in [-0.1, -0.05) is 30.3 Å². The second kappa shape index (κ2) is 7.17. The number of nitrogens with one attached hydrogen (secondary N) is 1. The van der Waals surface area contributed by atoms with Crippen molar-refractivity contribution < 1.29 is 9.53 Å². The van der Waals surface area contributed by atoms with Crippen LogP contribution in [0.5, 0.6) is 0 Å². The molecule has 138 valence electrons. The summed E-state index contributed by atoms with van der Waals surface area (Å²) in [7, 11) is 0. The summed E-state index contributed by atoms with van der Waals surface area (Å²) in [6.45, 7) is 6.92. The van der Waals surface area contributed by atoms with Crippen LogP contribution in [0.4, 0.5) is 0 Å². The number of fused-ring (bicyclic) bond motifs is 1. The lowest BCUT2D eigenvalue weighted by atomic mass is 9.91. The van der Waals surface area contributed by atoms with Crippen LogP contribution >= 0.6 is 0 Å². The van der Waals surface area contributed by atoms with Gasteiger partial charge in [-0.05, 0) is 38.1 Å². The van der Waals surface area contributed by atoms with Crippen LogP contribution in [-0.4, -0.2) is 51.0 Å². The number of amides is 1. The van der Waals surface area contributed by atoms with Crippen LogP contribution in [0, 0.1) is 0 Å². The minimum atomic E-state index is -0.153. The maximum Gasteiger partial charge on any atom is 0.251 e. The number of carbonyl (C=O) groups is 1. The number of aromatic nitrogens is 3. The number of benzene rings is 1. The Morgan fingerprint density at radius 1 is 1.31 bits per heavy atom. The fourth-order valence-corrected chi connectivity index (χ4v) is 3.89. The molecule has 1 aromatic carbocycles. The molecule has 1 aromatic heterocycles. The first-order valence-electron chi connectivity index (χ1n) is 9.30. The molecule has 0 radical (unpaired) electrons. The molecule has 4 rings (SSSR count). The summed E-state index contributed by atoms with van der Waals surface area (Å²) in [5, 5.41) is 11.5. The van der Waals surface area contributed by atoms with Crippen molar-refractivity contribution >= 4 is 5.91 Å². The van der Waals surface area contributed by atoms with Crippen LogP contribution in [0.15, 0.2) is 30.3 Å². The first-order valence-corrected chi connectivity index (χ1v) is 9.30. The van der Waals surface area contributed by atoms with E-state index in [1.54, 1.807) is 12.1 Å². The molecule has 3 heterocycles. The van der Waals surface area contributed by atoms with Gasteiger partial charge >= 0.3 is 0 Å². The zero-order valence-electron chi connectivity index (χ0n) is 15.1. The molecular weight excluding hydrogens is 330 g/mol. The first kappa shape index (κ1) is 17.2. The van der Waals surface area contributed by atoms with E-state index in [0.29, 0.717) is 18.7 Å². The normalized spacial score (nSPS) is 23.0. The minimum Gasteiger partial charge on any atom is -0.365 e. The number of hydrogen-bond acceptors (Lipinski definition) is 5. The molecule has 1 spiro atoms. The van der Waals surface area contributed by atoms with E-state index >= 15 is 0 Å². The van der Waals surface area contributed by atoms with Gasteiger partial charge in [-0.25, -0.2) is 4.68 Å². The summed E-state index contributed by atoms with van der Waals surface area (Å²) in [6, 6.07) is 9.19. The molecule has 0 aliphatic carbocycles. The van der Waals surface area contributed by atoms with Crippen LogP contribution in [0.3, 0.4) is 0 Å². The molecular formula is C19H25N5O2. The van der Waals surface area contributed by atoms with Gasteiger partial charge in [0.25, 0.3) is 5.91 Å². The van der Waals surface area contributed by atoms with Crippen molar-refractivity contribution in [3.05, 3.63) is 47.3 Å². The Labute approximate surface area is 153 Å². The van der Waals surface area contributed by atoms with E-state index in [0.717, 1.165) is 50.4 Å². The lowest BCUT2D eigenvalue weighted by molar-refractivity contribution is -0.128. The van der Waals surface area contributed by atoms with E-state index in [2.05, 4.69) is 27.5 Å². The van der Waals surface area contributed by atoms with E-state index in [-0.39, 0.29) is 11.5 Å². The molecule has 0 saturated carbocycles. The number of likely N-dealkylation sites (tertiary alicyclic amines) is 1. The standard InChI is InChI=1S/C19H25N5O2/c1-2-23-10-6-9-19(13-23)14-24-17(12-26-19)16(21-22-24)11-20-18(25)15-7-4-3-5-8-15/h3-5,7-8H,2,6,9-14H2,1H3,(H,20,25). The van der Waals surface area contributed by atoms with Crippen molar-refractivity contribution in [2.24, 2.45) is 0 Å². The van der Waals surface area contributed by atoms with Crippen molar-refractivity contribution in [2.45, 2.75) is 45.1 Å². The third-order valence-electron chi connectivity index (χ3n) is 5.39. The predicted molar refractivity (Wildman–Crippen MR) is 96.5 cm³/mol. The highest BCUT2D eigenvalue weighted by Crippen LogP contribution is 2.32. The van der Waals surface area contributed by atoms with Crippen molar-refractivity contribution in [2.75, 3.05) is 19.6 Å². The van der Waals surface area contributed by atoms with E-state index in [1.807, 2.05) is 22.9 Å². The maximum absolute atomic E-state index is 12.2. The minimum absolute atomic E-state index is 0.105. The molecule has 1 unspecified atom stereocenters. The quantitative estimate of drug-likeness (QED) is 0.902. The van der Waals surface area contributed by atoms with E-state index in [4.69, 9.17) is 4.74 Å². The Morgan fingerprint density at radius 3 is 2.96 bits per heavy atom. The van der Waals surface area contributed by atoms with Crippen molar-refractivity contribution in [1.29, 1.82) is 0 Å². The zero-order valence-corrected chi connectivity index (χ0v) is 15.1. The van der Waals surface area contributed by atoms with Gasteiger partial charge in [-0.15, -0.1) is 5.10 Å². The van der Waals surface area contributed by atoms with Gasteiger partial charge in [0.05, 0.1) is 25.4 Å². The van der Waals surface area contributed by atoms with Crippen LogP contribution < -0.4 is 5.32 Å². The molecule has 7 nitrogen and oxygen atoms in total. The average Bonchev–Trinajstić information content (AvgIpc) is 3.08. The second-order valence-corrected chi connectivity index (χ2v) is 7.13. The number of hydrogen-bond donors (Lipinski definition) is 1. The molecule has 1 atom stereocenters. The van der Waals surface area contributed by atoms with E-state index in [1.165, 1.54) is 0 Å². The second-order valence-electron chi connectivity index (χ2n) is 7.13. The Bertz CT molecular complexity index is 775. The highest BCUT2D eigenvalue weighted by atomic mass is 16.5. The average molecular weight is 355 g/mol. The van der Waals surface area contributed by atoms with Crippen LogP contribution in [0.25, 0.3) is 0 Å². The van der Waals surface area contributed by atoms with Gasteiger partial charge < -0.3 is 15.0 Å². The predicted octanol–water partition coefficient (Wildman–Crippen LogP) is 1.59. The van der Waals surface area contributed by atoms with Gasteiger partial charge in [0.1, 0.15) is 11.3 Å². The summed E-state index contributed by atoms with van der Waals surface area (Å²) in [6.07, 6.45) is 2.21. The van der Waals surface area contributed by atoms with Gasteiger partial charge in [-0.2, -0.15) is 0 Å². The van der Waals surface area contributed by atoms with Crippen LogP contribution in [0.2, 0.25) is 0 Å². The first-order chi connectivity index (χ1) is 12.7. The highest BCUT2D eigenvalue weighted by molar-refractivity contribution is 5.94. The summed E-state index contributed by atoms with van der Waals surface area (Å²) in [4.78, 5) is 14.7. The van der Waals surface area contributed by atoms with Crippen LogP contribution in [0.1, 0.15) is 41.5 Å². The molecule has 1 N–H and O–H groups in total. The number of ether oxygens (including phenoxy) is 1. The number of likely N-dealkylation sites (N-methyl/N-ethyl adjacent to an activating group) is 1. The fourth-order valence-electron chi connectivity index (χ4n) is 3.89. The van der Waals surface area contributed by atoms with Gasteiger partial charge in [0, 0.05) is 12.1 Å². The van der Waals surface area contributed by atoms with Gasteiger partial charge in [0.2, 0.25) is 0 Å². The number of carbonyl (C=O) groups excluding carboxylic acids is 1. The largest absolute Gasteiger partial charge is 0.365 e. The maximum atomic E-state index is 12.2. The molecule has 2 aromatic rings. The molecule has 2 aliphatic rings. The SMILES string of the molecule is CCN1CCCC2(C1)Cn1nnc(CNC(=O)c3ccccc3)c1CO2. The summed E-state index contributed by atoms with van der Waals surface area (Å²) < 4.78 is 8.27. The zero-order chi connectivity index (χ0) is 18.0. The van der Waals surface area contributed by atoms with Crippen molar-refractivity contribution in [3.8, 4) is 0 Å². The Morgan fingerprint density at radius 2 is 2.15 bits per heavy atom. The van der Waals surface area contributed by atoms with E-state index < -0.39 is 0 Å². The summed E-state index contributed by atoms with van der Waals surface area (Å²) in [5.74, 6) is -0.105. The summed E-state index contributed by atoms with van der Waals surface area (Å²) >= 11 is 0. The number of rotatable bonds is 4. The van der Waals surface area contributed by atoms with E-state index in [9.17, 15) is 4.79 Å². The fraction of sp³-hybridized carbons (Fsp3) is 0.526. The van der Waals surface area contributed by atoms with Crippen LogP contribution in [-0.2, 0) is 24.4 Å². The van der Waals surface area contributed by atoms with Crippen molar-refractivity contribution in [1.82, 2.24) is 25.2 Å². The molecule has 1 amide bonds. The van der Waals surface area contributed by atoms with Gasteiger partial charge in [-0.3, -0.25) is 4.79 Å². The number of nitrogens with zero attached hydrogens (tertiary/aromatic N) is 4. The molecule has 0 bridgehead atoms. The molecule has 1 fully saturated rings. The molecule has 2 aliphatic heterocycles. The summed E-state index contributed by atoms with van der Waals surface area (Å²) in [5.41, 5.74) is 2.25. The number of piperidine rings is 1. The Kier molecular flexibility index (Phi) is 4.74. The lowest BCUT2D eigenvalue weighted by Gasteiger charge is -2.44. The molecule has 26 heavy (non-hydrogen) atoms. The lowest BCUT2D eigenvalue weighted by Crippen LogP contribution is -2.54. The Balaban J connectivity index is 1.42. The highest BCUT2D eigenvalue weighted by Gasteiger charge is 2.40. The molecule has 1 saturated heterocycles. The monoisotopic (exact) mass is 355 g/mol. The Hall–Kier alpha value is -2.25. The topological polar surface area (TPSA) is 72.3 Å². The molecule has 7 heteroatoms. The third-order valence-corrected chi connectivity index (χ3v) is 5.39.